The van der Waals surface area contributed by atoms with Crippen molar-refractivity contribution < 1.29 is 9.13 Å². The van der Waals surface area contributed by atoms with E-state index in [1.165, 1.54) is 0 Å². The summed E-state index contributed by atoms with van der Waals surface area (Å²) >= 11 is 1.60. The van der Waals surface area contributed by atoms with Crippen molar-refractivity contribution in [3.63, 3.8) is 0 Å². The van der Waals surface area contributed by atoms with E-state index in [2.05, 4.69) is 39.8 Å². The highest BCUT2D eigenvalue weighted by Gasteiger charge is 2.11. The normalized spacial score (nSPS) is 11.3. The van der Waals surface area contributed by atoms with E-state index in [9.17, 15) is 4.39 Å². The van der Waals surface area contributed by atoms with Crippen LogP contribution in [0.25, 0.3) is 26.4 Å². The van der Waals surface area contributed by atoms with Crippen LogP contribution in [0.3, 0.4) is 0 Å². The first kappa shape index (κ1) is 15.9. The molecule has 0 spiro atoms. The van der Waals surface area contributed by atoms with Gasteiger partial charge in [-0.05, 0) is 30.3 Å². The first-order chi connectivity index (χ1) is 12.2. The number of ether oxygens (including phenoxy) is 1. The SMILES string of the molecule is CN(C)c1ccc(-c2cn3c(n2)sc2cc(OCCF)ccc23)cc1. The molecule has 0 radical (unpaired) electrons. The van der Waals surface area contributed by atoms with E-state index in [-0.39, 0.29) is 6.61 Å². The van der Waals surface area contributed by atoms with Gasteiger partial charge in [0.05, 0.1) is 15.9 Å². The van der Waals surface area contributed by atoms with Crippen molar-refractivity contribution in [2.45, 2.75) is 0 Å². The Morgan fingerprint density at radius 3 is 2.68 bits per heavy atom. The lowest BCUT2D eigenvalue weighted by Crippen LogP contribution is -2.07. The van der Waals surface area contributed by atoms with E-state index < -0.39 is 6.67 Å². The highest BCUT2D eigenvalue weighted by Crippen LogP contribution is 2.32. The van der Waals surface area contributed by atoms with Crippen LogP contribution < -0.4 is 9.64 Å². The van der Waals surface area contributed by atoms with Crippen LogP contribution in [-0.4, -0.2) is 36.8 Å². The molecule has 4 aromatic rings. The summed E-state index contributed by atoms with van der Waals surface area (Å²) < 4.78 is 20.8. The molecular formula is C19H18FN3OS. The molecule has 4 rings (SSSR count). The number of benzene rings is 2. The molecule has 0 N–H and O–H groups in total. The van der Waals surface area contributed by atoms with Crippen molar-refractivity contribution in [1.29, 1.82) is 0 Å². The number of rotatable bonds is 5. The molecule has 0 aliphatic carbocycles. The van der Waals surface area contributed by atoms with Gasteiger partial charge in [0.2, 0.25) is 0 Å². The number of imidazole rings is 1. The summed E-state index contributed by atoms with van der Waals surface area (Å²) in [6.45, 7) is -0.400. The Morgan fingerprint density at radius 2 is 1.96 bits per heavy atom. The van der Waals surface area contributed by atoms with Gasteiger partial charge in [0.25, 0.3) is 0 Å². The van der Waals surface area contributed by atoms with Gasteiger partial charge in [-0.3, -0.25) is 4.40 Å². The Hall–Kier alpha value is -2.60. The van der Waals surface area contributed by atoms with Gasteiger partial charge < -0.3 is 9.64 Å². The van der Waals surface area contributed by atoms with Gasteiger partial charge in [0, 0.05) is 31.5 Å². The summed E-state index contributed by atoms with van der Waals surface area (Å²) in [5.41, 5.74) is 4.29. The zero-order valence-corrected chi connectivity index (χ0v) is 14.9. The number of fused-ring (bicyclic) bond motifs is 3. The highest BCUT2D eigenvalue weighted by atomic mass is 32.1. The molecule has 2 aromatic heterocycles. The summed E-state index contributed by atoms with van der Waals surface area (Å²) in [7, 11) is 4.05. The fourth-order valence-electron chi connectivity index (χ4n) is 2.80. The molecule has 0 bridgehead atoms. The summed E-state index contributed by atoms with van der Waals surface area (Å²) in [5, 5.41) is 0. The lowest BCUT2D eigenvalue weighted by Gasteiger charge is -2.12. The van der Waals surface area contributed by atoms with E-state index in [0.29, 0.717) is 5.75 Å². The first-order valence-electron chi connectivity index (χ1n) is 8.04. The van der Waals surface area contributed by atoms with E-state index in [4.69, 9.17) is 9.72 Å². The van der Waals surface area contributed by atoms with Crippen LogP contribution >= 0.6 is 11.3 Å². The number of halogens is 1. The molecular weight excluding hydrogens is 337 g/mol. The third kappa shape index (κ3) is 2.93. The smallest absolute Gasteiger partial charge is 0.195 e. The van der Waals surface area contributed by atoms with Crippen LogP contribution in [-0.2, 0) is 0 Å². The molecule has 0 atom stereocenters. The Bertz CT molecular complexity index is 1020. The third-order valence-corrected chi connectivity index (χ3v) is 5.11. The number of hydrogen-bond acceptors (Lipinski definition) is 4. The number of nitrogens with zero attached hydrogens (tertiary/aromatic N) is 3. The van der Waals surface area contributed by atoms with Crippen LogP contribution in [0.2, 0.25) is 0 Å². The average molecular weight is 355 g/mol. The molecule has 0 aliphatic rings. The molecule has 6 heteroatoms. The van der Waals surface area contributed by atoms with Crippen LogP contribution in [0.5, 0.6) is 5.75 Å². The summed E-state index contributed by atoms with van der Waals surface area (Å²) in [5.74, 6) is 0.689. The number of alkyl halides is 1. The lowest BCUT2D eigenvalue weighted by atomic mass is 10.1. The summed E-state index contributed by atoms with van der Waals surface area (Å²) in [4.78, 5) is 7.76. The number of anilines is 1. The van der Waals surface area contributed by atoms with Gasteiger partial charge in [0.1, 0.15) is 19.0 Å². The van der Waals surface area contributed by atoms with Gasteiger partial charge in [-0.1, -0.05) is 23.5 Å². The monoisotopic (exact) mass is 355 g/mol. The Balaban J connectivity index is 1.70. The third-order valence-electron chi connectivity index (χ3n) is 4.09. The fourth-order valence-corrected chi connectivity index (χ4v) is 3.83. The lowest BCUT2D eigenvalue weighted by molar-refractivity contribution is 0.273. The largest absolute Gasteiger partial charge is 0.491 e. The Labute approximate surface area is 149 Å². The van der Waals surface area contributed by atoms with Gasteiger partial charge in [0.15, 0.2) is 4.96 Å². The second-order valence-electron chi connectivity index (χ2n) is 5.99. The predicted octanol–water partition coefficient (Wildman–Crippen LogP) is 4.63. The van der Waals surface area contributed by atoms with Crippen molar-refractivity contribution in [3.05, 3.63) is 48.7 Å². The van der Waals surface area contributed by atoms with Crippen molar-refractivity contribution in [2.24, 2.45) is 0 Å². The second-order valence-corrected chi connectivity index (χ2v) is 7.00. The number of hydrogen-bond donors (Lipinski definition) is 0. The van der Waals surface area contributed by atoms with Gasteiger partial charge in [-0.2, -0.15) is 0 Å². The minimum Gasteiger partial charge on any atom is -0.491 e. The van der Waals surface area contributed by atoms with Gasteiger partial charge in [-0.25, -0.2) is 9.37 Å². The zero-order chi connectivity index (χ0) is 17.4. The number of aromatic nitrogens is 2. The van der Waals surface area contributed by atoms with Crippen molar-refractivity contribution >= 4 is 32.2 Å². The topological polar surface area (TPSA) is 29.8 Å². The maximum Gasteiger partial charge on any atom is 0.195 e. The molecule has 0 saturated carbocycles. The van der Waals surface area contributed by atoms with Gasteiger partial charge >= 0.3 is 0 Å². The molecule has 0 saturated heterocycles. The second kappa shape index (κ2) is 6.37. The van der Waals surface area contributed by atoms with Crippen molar-refractivity contribution in [2.75, 3.05) is 32.3 Å². The molecule has 0 amide bonds. The van der Waals surface area contributed by atoms with Crippen LogP contribution in [0.4, 0.5) is 10.1 Å². The fraction of sp³-hybridized carbons (Fsp3) is 0.211. The van der Waals surface area contributed by atoms with Crippen molar-refractivity contribution in [3.8, 4) is 17.0 Å². The molecule has 128 valence electrons. The molecule has 0 aliphatic heterocycles. The number of thiazole rings is 1. The molecule has 2 heterocycles. The average Bonchev–Trinajstić information content (AvgIpc) is 3.17. The first-order valence-corrected chi connectivity index (χ1v) is 8.85. The maximum absolute atomic E-state index is 12.2. The van der Waals surface area contributed by atoms with E-state index in [1.54, 1.807) is 11.3 Å². The summed E-state index contributed by atoms with van der Waals surface area (Å²) in [6.07, 6.45) is 2.06. The van der Waals surface area contributed by atoms with Crippen LogP contribution in [0.1, 0.15) is 0 Å². The zero-order valence-electron chi connectivity index (χ0n) is 14.1. The van der Waals surface area contributed by atoms with E-state index >= 15 is 0 Å². The maximum atomic E-state index is 12.2. The standard InChI is InChI=1S/C19H18FN3OS/c1-22(2)14-5-3-13(4-6-14)16-12-23-17-8-7-15(24-10-9-20)11-18(17)25-19(23)21-16/h3-8,11-12H,9-10H2,1-2H3. The molecule has 25 heavy (non-hydrogen) atoms. The minimum atomic E-state index is -0.484. The molecule has 4 nitrogen and oxygen atoms in total. The Kier molecular flexibility index (Phi) is 4.05. The van der Waals surface area contributed by atoms with Crippen LogP contribution in [0.15, 0.2) is 48.7 Å². The van der Waals surface area contributed by atoms with Crippen molar-refractivity contribution in [1.82, 2.24) is 9.38 Å². The Morgan fingerprint density at radius 1 is 1.16 bits per heavy atom. The van der Waals surface area contributed by atoms with Gasteiger partial charge in [-0.15, -0.1) is 0 Å². The van der Waals surface area contributed by atoms with E-state index in [0.717, 1.165) is 32.1 Å². The molecule has 2 aromatic carbocycles. The predicted molar refractivity (Wildman–Crippen MR) is 102 cm³/mol. The highest BCUT2D eigenvalue weighted by molar-refractivity contribution is 7.23. The van der Waals surface area contributed by atoms with Crippen LogP contribution in [0, 0.1) is 0 Å². The quantitative estimate of drug-likeness (QED) is 0.523. The van der Waals surface area contributed by atoms with E-state index in [1.807, 2.05) is 32.3 Å². The summed E-state index contributed by atoms with van der Waals surface area (Å²) in [6, 6.07) is 14.2. The molecule has 0 unspecified atom stereocenters. The minimum absolute atomic E-state index is 0.0844. The molecule has 0 fully saturated rings.